The molecule has 3 aromatic rings. The lowest BCUT2D eigenvalue weighted by Gasteiger charge is -2.22. The summed E-state index contributed by atoms with van der Waals surface area (Å²) in [6.45, 7) is 2.39. The van der Waals surface area contributed by atoms with E-state index in [2.05, 4.69) is 5.32 Å². The quantitative estimate of drug-likeness (QED) is 0.325. The molecule has 0 aliphatic heterocycles. The number of fused-ring (bicyclic) bond motifs is 1. The van der Waals surface area contributed by atoms with E-state index in [-0.39, 0.29) is 56.7 Å². The second kappa shape index (κ2) is 8.39. The van der Waals surface area contributed by atoms with Gasteiger partial charge in [0.1, 0.15) is 25.0 Å². The Bertz CT molecular complexity index is 1270. The van der Waals surface area contributed by atoms with Crippen molar-refractivity contribution in [2.75, 3.05) is 24.7 Å². The summed E-state index contributed by atoms with van der Waals surface area (Å²) in [5, 5.41) is 12.3. The largest absolute Gasteiger partial charge is 0.462 e. The van der Waals surface area contributed by atoms with Crippen LogP contribution < -0.4 is 21.9 Å². The molecular weight excluding hydrogens is 407 g/mol. The van der Waals surface area contributed by atoms with Crippen molar-refractivity contribution in [3.8, 4) is 5.69 Å². The van der Waals surface area contributed by atoms with Crippen LogP contribution in [0.4, 0.5) is 20.2 Å². The molecule has 0 spiro atoms. The molecule has 0 saturated heterocycles. The zero-order valence-electron chi connectivity index (χ0n) is 17.2. The van der Waals surface area contributed by atoms with Crippen LogP contribution in [0.15, 0.2) is 23.1 Å². The van der Waals surface area contributed by atoms with E-state index in [9.17, 15) is 23.5 Å². The molecule has 0 saturated carbocycles. The summed E-state index contributed by atoms with van der Waals surface area (Å²) in [5.74, 6) is -2.42. The Labute approximate surface area is 177 Å². The number of hydrogen-bond donors (Lipinski definition) is 3. The van der Waals surface area contributed by atoms with Gasteiger partial charge in [-0.25, -0.2) is 13.6 Å². The zero-order valence-corrected chi connectivity index (χ0v) is 17.2. The molecule has 0 fully saturated rings. The van der Waals surface area contributed by atoms with Crippen LogP contribution in [-0.4, -0.2) is 37.1 Å². The van der Waals surface area contributed by atoms with E-state index in [0.717, 1.165) is 6.07 Å². The number of hydrogen-bond acceptors (Lipinski definition) is 6. The number of rotatable bonds is 5. The van der Waals surface area contributed by atoms with Gasteiger partial charge < -0.3 is 25.5 Å². The van der Waals surface area contributed by atoms with Crippen molar-refractivity contribution in [2.45, 2.75) is 20.5 Å². The van der Waals surface area contributed by atoms with E-state index >= 15 is 0 Å². The first-order valence-electron chi connectivity index (χ1n) is 9.38. The standard InChI is InChI=1S/C21H20BF2N3O4/c1-4-31-21(30)11-7-27(14-6-13(25)12(23)5-10(14)8-28)19-15(20(11)29)9(2)17(24)18(26-3)16(19)22/h5-7,26,28H,4,8,25H2,1-3H3. The van der Waals surface area contributed by atoms with E-state index in [1.165, 1.54) is 30.8 Å². The number of nitrogen functional groups attached to an aromatic ring is 1. The number of benzene rings is 2. The van der Waals surface area contributed by atoms with Crippen molar-refractivity contribution >= 4 is 41.6 Å². The first-order valence-corrected chi connectivity index (χ1v) is 9.38. The number of esters is 1. The van der Waals surface area contributed by atoms with Crippen molar-refractivity contribution in [3.05, 3.63) is 56.9 Å². The third kappa shape index (κ3) is 3.52. The van der Waals surface area contributed by atoms with Gasteiger partial charge in [0, 0.05) is 24.4 Å². The number of nitrogens with zero attached hydrogens (tertiary/aromatic N) is 1. The number of aliphatic hydroxyl groups excluding tert-OH is 1. The number of aliphatic hydroxyl groups is 1. The number of pyridine rings is 1. The van der Waals surface area contributed by atoms with Crippen LogP contribution in [-0.2, 0) is 11.3 Å². The molecule has 7 nitrogen and oxygen atoms in total. The topological polar surface area (TPSA) is 107 Å². The smallest absolute Gasteiger partial charge is 0.343 e. The highest BCUT2D eigenvalue weighted by atomic mass is 19.1. The van der Waals surface area contributed by atoms with Crippen LogP contribution in [0.5, 0.6) is 0 Å². The number of halogens is 2. The van der Waals surface area contributed by atoms with Gasteiger partial charge in [0.2, 0.25) is 5.43 Å². The summed E-state index contributed by atoms with van der Waals surface area (Å²) < 4.78 is 35.2. The molecule has 160 valence electrons. The van der Waals surface area contributed by atoms with Crippen LogP contribution in [0.3, 0.4) is 0 Å². The lowest BCUT2D eigenvalue weighted by atomic mass is 9.87. The molecule has 0 aliphatic rings. The van der Waals surface area contributed by atoms with Crippen LogP contribution in [0.2, 0.25) is 0 Å². The Morgan fingerprint density at radius 2 is 2.03 bits per heavy atom. The van der Waals surface area contributed by atoms with E-state index in [0.29, 0.717) is 0 Å². The number of nitrogens with one attached hydrogen (secondary N) is 1. The monoisotopic (exact) mass is 427 g/mol. The molecule has 0 unspecified atom stereocenters. The summed E-state index contributed by atoms with van der Waals surface area (Å²) in [5.41, 5.74) is 4.48. The molecule has 10 heteroatoms. The fourth-order valence-electron chi connectivity index (χ4n) is 3.52. The average molecular weight is 427 g/mol. The predicted octanol–water partition coefficient (Wildman–Crippen LogP) is 1.66. The zero-order chi connectivity index (χ0) is 23.0. The summed E-state index contributed by atoms with van der Waals surface area (Å²) in [6.07, 6.45) is 1.17. The lowest BCUT2D eigenvalue weighted by Crippen LogP contribution is -2.27. The highest BCUT2D eigenvalue weighted by Crippen LogP contribution is 2.29. The van der Waals surface area contributed by atoms with Gasteiger partial charge in [-0.2, -0.15) is 0 Å². The molecule has 2 aromatic carbocycles. The minimum atomic E-state index is -0.917. The molecule has 0 aliphatic carbocycles. The molecule has 0 atom stereocenters. The molecule has 0 amide bonds. The van der Waals surface area contributed by atoms with Crippen LogP contribution in [0, 0.1) is 18.6 Å². The summed E-state index contributed by atoms with van der Waals surface area (Å²) >= 11 is 0. The van der Waals surface area contributed by atoms with E-state index < -0.39 is 29.6 Å². The molecule has 31 heavy (non-hydrogen) atoms. The van der Waals surface area contributed by atoms with E-state index in [4.69, 9.17) is 18.3 Å². The SMILES string of the molecule is [B]c1c(NC)c(F)c(C)c2c(=O)c(C(=O)OCC)cn(-c3cc(N)c(F)cc3CO)c12. The van der Waals surface area contributed by atoms with Crippen LogP contribution in [0.25, 0.3) is 16.6 Å². The number of nitrogens with two attached hydrogens (primary N) is 1. The van der Waals surface area contributed by atoms with Gasteiger partial charge in [-0.05, 0) is 31.4 Å². The van der Waals surface area contributed by atoms with Crippen LogP contribution in [0.1, 0.15) is 28.4 Å². The fraction of sp³-hybridized carbons (Fsp3) is 0.238. The van der Waals surface area contributed by atoms with Gasteiger partial charge in [-0.1, -0.05) is 0 Å². The second-order valence-corrected chi connectivity index (χ2v) is 6.82. The number of carbonyl (C=O) groups is 1. The van der Waals surface area contributed by atoms with Gasteiger partial charge in [-0.15, -0.1) is 0 Å². The maximum atomic E-state index is 14.9. The van der Waals surface area contributed by atoms with E-state index in [1.54, 1.807) is 6.92 Å². The number of anilines is 2. The number of aromatic nitrogens is 1. The molecule has 1 aromatic heterocycles. The Morgan fingerprint density at radius 1 is 1.35 bits per heavy atom. The van der Waals surface area contributed by atoms with Gasteiger partial charge >= 0.3 is 5.97 Å². The van der Waals surface area contributed by atoms with Crippen molar-refractivity contribution < 1.29 is 23.4 Å². The summed E-state index contributed by atoms with van der Waals surface area (Å²) in [6, 6.07) is 2.26. The van der Waals surface area contributed by atoms with Crippen molar-refractivity contribution in [2.24, 2.45) is 0 Å². The highest BCUT2D eigenvalue weighted by Gasteiger charge is 2.24. The lowest BCUT2D eigenvalue weighted by molar-refractivity contribution is 0.0524. The first-order chi connectivity index (χ1) is 14.7. The number of carbonyl (C=O) groups excluding carboxylic acids is 1. The van der Waals surface area contributed by atoms with Crippen molar-refractivity contribution in [1.29, 1.82) is 0 Å². The Kier molecular flexibility index (Phi) is 6.03. The molecule has 0 bridgehead atoms. The minimum absolute atomic E-state index is 0.00979. The average Bonchev–Trinajstić information content (AvgIpc) is 2.74. The Morgan fingerprint density at radius 3 is 2.61 bits per heavy atom. The van der Waals surface area contributed by atoms with Gasteiger partial charge in [0.15, 0.2) is 0 Å². The third-order valence-electron chi connectivity index (χ3n) is 5.03. The molecule has 3 rings (SSSR count). The summed E-state index contributed by atoms with van der Waals surface area (Å²) in [7, 11) is 7.67. The number of aryl methyl sites for hydroxylation is 1. The predicted molar refractivity (Wildman–Crippen MR) is 115 cm³/mol. The fourth-order valence-corrected chi connectivity index (χ4v) is 3.52. The van der Waals surface area contributed by atoms with E-state index in [1.807, 2.05) is 0 Å². The maximum Gasteiger partial charge on any atom is 0.343 e. The van der Waals surface area contributed by atoms with Crippen LogP contribution >= 0.6 is 0 Å². The highest BCUT2D eigenvalue weighted by molar-refractivity contribution is 6.42. The third-order valence-corrected chi connectivity index (χ3v) is 5.03. The molecule has 2 radical (unpaired) electrons. The van der Waals surface area contributed by atoms with Gasteiger partial charge in [0.05, 0.1) is 41.2 Å². The van der Waals surface area contributed by atoms with Crippen molar-refractivity contribution in [1.82, 2.24) is 4.57 Å². The summed E-state index contributed by atoms with van der Waals surface area (Å²) in [4.78, 5) is 25.6. The maximum absolute atomic E-state index is 14.9. The molecular formula is C21H20BF2N3O4. The van der Waals surface area contributed by atoms with Gasteiger partial charge in [0.25, 0.3) is 0 Å². The minimum Gasteiger partial charge on any atom is -0.462 e. The second-order valence-electron chi connectivity index (χ2n) is 6.82. The Hall–Kier alpha value is -3.40. The number of ether oxygens (including phenoxy) is 1. The molecule has 1 heterocycles. The molecule has 4 N–H and O–H groups in total. The normalized spacial score (nSPS) is 11.0. The first kappa shape index (κ1) is 22.3. The van der Waals surface area contributed by atoms with Gasteiger partial charge in [-0.3, -0.25) is 4.79 Å². The Balaban J connectivity index is 2.61. The van der Waals surface area contributed by atoms with Crippen molar-refractivity contribution in [3.63, 3.8) is 0 Å².